The maximum absolute atomic E-state index is 13.1. The molecule has 17 heteroatoms. The van der Waals surface area contributed by atoms with Gasteiger partial charge in [-0.25, -0.2) is 0 Å². The van der Waals surface area contributed by atoms with Crippen molar-refractivity contribution in [3.8, 4) is 0 Å². The normalized spacial score (nSPS) is 12.6. The van der Waals surface area contributed by atoms with Crippen LogP contribution in [0.5, 0.6) is 0 Å². The molecule has 0 aliphatic heterocycles. The summed E-state index contributed by atoms with van der Waals surface area (Å²) in [7, 11) is 0. The summed E-state index contributed by atoms with van der Waals surface area (Å²) in [6.45, 7) is 0. The molecule has 0 aromatic heterocycles. The molecule has 2 aromatic carbocycles. The van der Waals surface area contributed by atoms with Crippen LogP contribution >= 0.6 is 11.6 Å². The van der Waals surface area contributed by atoms with Crippen LogP contribution in [0.15, 0.2) is 24.3 Å². The van der Waals surface area contributed by atoms with E-state index >= 15 is 0 Å². The van der Waals surface area contributed by atoms with E-state index in [4.69, 9.17) is 11.6 Å². The van der Waals surface area contributed by atoms with Crippen molar-refractivity contribution in [1.82, 2.24) is 0 Å². The molecular weight excluding hydrogens is 493 g/mol. The third kappa shape index (κ3) is 5.12. The molecule has 32 heavy (non-hydrogen) atoms. The van der Waals surface area contributed by atoms with Crippen LogP contribution in [-0.4, -0.2) is 9.85 Å². The Morgan fingerprint density at radius 1 is 0.750 bits per heavy atom. The highest BCUT2D eigenvalue weighted by Crippen LogP contribution is 2.49. The smallest absolute Gasteiger partial charge is 0.344 e. The zero-order chi connectivity index (χ0) is 24.8. The Kier molecular flexibility index (Phi) is 6.24. The minimum Gasteiger partial charge on any atom is -0.344 e. The molecule has 0 saturated heterocycles. The van der Waals surface area contributed by atoms with Crippen molar-refractivity contribution in [3.63, 3.8) is 0 Å². The van der Waals surface area contributed by atoms with Crippen LogP contribution in [0.25, 0.3) is 0 Å². The Labute approximate surface area is 174 Å². The van der Waals surface area contributed by atoms with Gasteiger partial charge in [0.2, 0.25) is 0 Å². The molecule has 0 fully saturated rings. The number of rotatable bonds is 4. The first kappa shape index (κ1) is 25.0. The summed E-state index contributed by atoms with van der Waals surface area (Å²) < 4.78 is 117. The lowest BCUT2D eigenvalue weighted by Crippen LogP contribution is -2.13. The maximum atomic E-state index is 13.1. The number of hydrogen-bond acceptors (Lipinski definition) is 5. The number of nitro groups is 2. The van der Waals surface area contributed by atoms with Crippen molar-refractivity contribution in [1.29, 1.82) is 0 Å². The van der Waals surface area contributed by atoms with Crippen LogP contribution in [0.2, 0.25) is 5.02 Å². The molecule has 174 valence electrons. The predicted octanol–water partition coefficient (Wildman–Crippen LogP) is 6.96. The van der Waals surface area contributed by atoms with Gasteiger partial charge >= 0.3 is 29.9 Å². The monoisotopic (exact) mass is 497 g/mol. The van der Waals surface area contributed by atoms with Gasteiger partial charge in [0, 0.05) is 11.8 Å². The minimum atomic E-state index is -5.41. The summed E-state index contributed by atoms with van der Waals surface area (Å²) >= 11 is 5.36. The van der Waals surface area contributed by atoms with Crippen molar-refractivity contribution in [2.24, 2.45) is 0 Å². The molecule has 0 aliphatic carbocycles. The Balaban J connectivity index is 2.86. The van der Waals surface area contributed by atoms with Gasteiger partial charge in [0.05, 0.1) is 26.5 Å². The Hall–Kier alpha value is -3.30. The third-order valence-electron chi connectivity index (χ3n) is 3.76. The minimum absolute atomic E-state index is 0.0221. The van der Waals surface area contributed by atoms with Crippen LogP contribution in [0.1, 0.15) is 16.7 Å². The molecule has 0 saturated carbocycles. The van der Waals surface area contributed by atoms with Crippen molar-refractivity contribution in [2.75, 3.05) is 5.32 Å². The Bertz CT molecular complexity index is 1070. The molecule has 0 heterocycles. The van der Waals surface area contributed by atoms with E-state index in [1.54, 1.807) is 5.32 Å². The molecule has 2 rings (SSSR count). The summed E-state index contributed by atoms with van der Waals surface area (Å²) in [5.41, 5.74) is -11.9. The molecule has 1 N–H and O–H groups in total. The lowest BCUT2D eigenvalue weighted by atomic mass is 10.1. The van der Waals surface area contributed by atoms with Gasteiger partial charge in [0.15, 0.2) is 5.69 Å². The number of anilines is 2. The first-order chi connectivity index (χ1) is 14.3. The first-order valence-corrected chi connectivity index (χ1v) is 8.00. The van der Waals surface area contributed by atoms with E-state index in [2.05, 4.69) is 0 Å². The SMILES string of the molecule is O=[N+]([O-])c1cc(C(F)(F)F)c(Cl)c([N+](=O)[O-])c1Nc1cc(C(F)(F)F)cc(C(F)(F)F)c1. The second kappa shape index (κ2) is 7.99. The standard InChI is InChI=1S/C15H5ClF9N3O4/c16-10-8(15(23,24)25)4-9(27(29)30)11(12(10)28(31)32)26-7-2-5(13(17,18)19)1-6(3-7)14(20,21)22/h1-4,26H. The van der Waals surface area contributed by atoms with Crippen LogP contribution in [0.4, 0.5) is 62.3 Å². The summed E-state index contributed by atoms with van der Waals surface area (Å²) in [6.07, 6.45) is -16.1. The van der Waals surface area contributed by atoms with Gasteiger partial charge in [0.1, 0.15) is 5.02 Å². The van der Waals surface area contributed by atoms with Crippen molar-refractivity contribution >= 4 is 34.4 Å². The zero-order valence-electron chi connectivity index (χ0n) is 14.6. The highest BCUT2D eigenvalue weighted by atomic mass is 35.5. The summed E-state index contributed by atoms with van der Waals surface area (Å²) in [6, 6.07) is -0.494. The second-order valence-corrected chi connectivity index (χ2v) is 6.29. The van der Waals surface area contributed by atoms with Gasteiger partial charge in [-0.15, -0.1) is 0 Å². The van der Waals surface area contributed by atoms with Crippen LogP contribution in [0, 0.1) is 20.2 Å². The molecular formula is C15H5ClF9N3O4. The van der Waals surface area contributed by atoms with E-state index < -0.39 is 72.8 Å². The van der Waals surface area contributed by atoms with Crippen LogP contribution in [-0.2, 0) is 18.5 Å². The van der Waals surface area contributed by atoms with Gasteiger partial charge in [-0.05, 0) is 18.2 Å². The number of alkyl halides is 9. The quantitative estimate of drug-likeness (QED) is 0.280. The van der Waals surface area contributed by atoms with Gasteiger partial charge < -0.3 is 5.32 Å². The van der Waals surface area contributed by atoms with Gasteiger partial charge in [-0.2, -0.15) is 39.5 Å². The molecule has 0 spiro atoms. The zero-order valence-corrected chi connectivity index (χ0v) is 15.4. The number of benzene rings is 2. The lowest BCUT2D eigenvalue weighted by Gasteiger charge is -2.16. The first-order valence-electron chi connectivity index (χ1n) is 7.63. The molecule has 2 aromatic rings. The van der Waals surface area contributed by atoms with Gasteiger partial charge in [-0.3, -0.25) is 20.2 Å². The number of hydrogen-bond donors (Lipinski definition) is 1. The molecule has 7 nitrogen and oxygen atoms in total. The van der Waals surface area contributed by atoms with E-state index in [1.807, 2.05) is 0 Å². The topological polar surface area (TPSA) is 98.3 Å². The van der Waals surface area contributed by atoms with Crippen molar-refractivity contribution in [3.05, 3.63) is 66.2 Å². The Morgan fingerprint density at radius 2 is 1.22 bits per heavy atom. The fourth-order valence-corrected chi connectivity index (χ4v) is 2.77. The number of nitrogens with zero attached hydrogens (tertiary/aromatic N) is 2. The highest BCUT2D eigenvalue weighted by molar-refractivity contribution is 6.34. The summed E-state index contributed by atoms with van der Waals surface area (Å²) in [5.74, 6) is 0. The molecule has 0 amide bonds. The average Bonchev–Trinajstić information content (AvgIpc) is 2.58. The van der Waals surface area contributed by atoms with E-state index in [1.165, 1.54) is 0 Å². The highest BCUT2D eigenvalue weighted by Gasteiger charge is 2.43. The molecule has 0 aliphatic rings. The average molecular weight is 498 g/mol. The molecule has 0 atom stereocenters. The third-order valence-corrected chi connectivity index (χ3v) is 4.14. The maximum Gasteiger partial charge on any atom is 0.418 e. The number of nitro benzene ring substituents is 2. The second-order valence-electron chi connectivity index (χ2n) is 5.91. The van der Waals surface area contributed by atoms with Crippen LogP contribution < -0.4 is 5.32 Å². The number of halogens is 10. The fraction of sp³-hybridized carbons (Fsp3) is 0.200. The van der Waals surface area contributed by atoms with E-state index in [-0.39, 0.29) is 24.3 Å². The Morgan fingerprint density at radius 3 is 1.56 bits per heavy atom. The molecule has 0 radical (unpaired) electrons. The fourth-order valence-electron chi connectivity index (χ4n) is 2.45. The summed E-state index contributed by atoms with van der Waals surface area (Å²) in [4.78, 5) is 19.3. The van der Waals surface area contributed by atoms with E-state index in [0.717, 1.165) is 0 Å². The predicted molar refractivity (Wildman–Crippen MR) is 89.5 cm³/mol. The van der Waals surface area contributed by atoms with E-state index in [0.29, 0.717) is 0 Å². The molecule has 0 bridgehead atoms. The van der Waals surface area contributed by atoms with Gasteiger partial charge in [0.25, 0.3) is 0 Å². The van der Waals surface area contributed by atoms with Crippen molar-refractivity contribution < 1.29 is 49.4 Å². The van der Waals surface area contributed by atoms with E-state index in [9.17, 15) is 59.7 Å². The lowest BCUT2D eigenvalue weighted by molar-refractivity contribution is -0.392. The summed E-state index contributed by atoms with van der Waals surface area (Å²) in [5, 5.41) is 22.4. The van der Waals surface area contributed by atoms with Crippen molar-refractivity contribution in [2.45, 2.75) is 18.5 Å². The largest absolute Gasteiger partial charge is 0.418 e. The van der Waals surface area contributed by atoms with Gasteiger partial charge in [-0.1, -0.05) is 11.6 Å². The van der Waals surface area contributed by atoms with Crippen LogP contribution in [0.3, 0.4) is 0 Å². The molecule has 0 unspecified atom stereocenters. The number of nitrogens with one attached hydrogen (secondary N) is 1.